The third kappa shape index (κ3) is 31.7. The van der Waals surface area contributed by atoms with Crippen molar-refractivity contribution >= 4 is 68.5 Å². The van der Waals surface area contributed by atoms with Crippen LogP contribution in [0.4, 0.5) is 0 Å². The van der Waals surface area contributed by atoms with E-state index in [-0.39, 0.29) is 90.2 Å². The Hall–Kier alpha value is 2.47. The molecule has 0 heterocycles. The van der Waals surface area contributed by atoms with Crippen LogP contribution in [0.25, 0.3) is 0 Å². The van der Waals surface area contributed by atoms with Crippen molar-refractivity contribution in [3.8, 4) is 0 Å². The maximum atomic E-state index is 0. The first-order valence-corrected chi connectivity index (χ1v) is 0. The molecule has 0 N–H and O–H groups in total. The predicted octanol–water partition coefficient (Wildman–Crippen LogP) is 1.04. The molecular weight excluding hydrogens is 197 g/mol. The Labute approximate surface area is 89.3 Å². The summed E-state index contributed by atoms with van der Waals surface area (Å²) in [6.07, 6.45) is 0. The molecular formula is H5Cl4LiTi. The second-order valence-corrected chi connectivity index (χ2v) is 0. The minimum atomic E-state index is 0. The van der Waals surface area contributed by atoms with Gasteiger partial charge in [0.05, 0.1) is 0 Å². The normalized spacial score (nSPS) is 0. The Morgan fingerprint density at radius 1 is 0.500 bits per heavy atom. The zero-order valence-corrected chi connectivity index (χ0v) is 6.96. The summed E-state index contributed by atoms with van der Waals surface area (Å²) in [6.45, 7) is 0. The number of rotatable bonds is 0. The van der Waals surface area contributed by atoms with Crippen molar-refractivity contribution in [2.75, 3.05) is 0 Å². The summed E-state index contributed by atoms with van der Waals surface area (Å²) < 4.78 is 0. The minimum Gasteiger partial charge on any atom is 0 e. The van der Waals surface area contributed by atoms with Crippen LogP contribution in [0.2, 0.25) is 0 Å². The van der Waals surface area contributed by atoms with Gasteiger partial charge >= 0.3 is 18.9 Å². The summed E-state index contributed by atoms with van der Waals surface area (Å²) in [5.74, 6) is 0. The van der Waals surface area contributed by atoms with Crippen LogP contribution in [0.3, 0.4) is 0 Å². The van der Waals surface area contributed by atoms with Crippen LogP contribution < -0.4 is 0 Å². The first-order valence-electron chi connectivity index (χ1n) is 0. The molecule has 0 saturated carbocycles. The van der Waals surface area contributed by atoms with Gasteiger partial charge in [0.1, 0.15) is 0 Å². The van der Waals surface area contributed by atoms with E-state index in [1.807, 2.05) is 0 Å². The van der Waals surface area contributed by atoms with Gasteiger partial charge in [0, 0.05) is 21.7 Å². The molecule has 6 heavy (non-hydrogen) atoms. The van der Waals surface area contributed by atoms with Gasteiger partial charge in [-0.1, -0.05) is 0 Å². The molecule has 0 amide bonds. The SMILES string of the molecule is Cl.Cl.Cl.Cl.[LiH].[Ti]. The molecule has 6 heteroatoms. The number of halogens is 4. The quantitative estimate of drug-likeness (QED) is 0.514. The molecule has 0 rings (SSSR count). The molecule has 0 aliphatic rings. The Morgan fingerprint density at radius 3 is 0.500 bits per heavy atom. The molecule has 0 atom stereocenters. The monoisotopic (exact) mass is 200 g/mol. The third-order valence-corrected chi connectivity index (χ3v) is 0. The first-order chi connectivity index (χ1) is 0. The van der Waals surface area contributed by atoms with Gasteiger partial charge in [-0.25, -0.2) is 0 Å². The second-order valence-electron chi connectivity index (χ2n) is 0. The standard InChI is InChI=1S/4ClH.Li.Ti.H/h4*1H;;;. The van der Waals surface area contributed by atoms with Gasteiger partial charge in [-0.15, -0.1) is 49.6 Å². The maximum absolute atomic E-state index is 0. The van der Waals surface area contributed by atoms with Crippen LogP contribution in [0.5, 0.6) is 0 Å². The zero-order chi connectivity index (χ0) is 0. The molecule has 0 fully saturated rings. The molecule has 0 bridgehead atoms. The molecule has 0 saturated heterocycles. The fraction of sp³-hybridized carbons (Fsp3) is 0. The van der Waals surface area contributed by atoms with Gasteiger partial charge in [0.2, 0.25) is 0 Å². The topological polar surface area (TPSA) is 0 Å². The predicted molar refractivity (Wildman–Crippen MR) is 36.1 cm³/mol. The molecule has 0 aliphatic heterocycles. The van der Waals surface area contributed by atoms with Crippen molar-refractivity contribution in [1.29, 1.82) is 0 Å². The summed E-state index contributed by atoms with van der Waals surface area (Å²) in [5, 5.41) is 0. The Morgan fingerprint density at radius 2 is 0.500 bits per heavy atom. The maximum Gasteiger partial charge on any atom is 0 e. The average Bonchev–Trinajstić information content (AvgIpc) is 0. The van der Waals surface area contributed by atoms with Crippen LogP contribution in [0, 0.1) is 0 Å². The van der Waals surface area contributed by atoms with E-state index in [4.69, 9.17) is 0 Å². The fourth-order valence-electron chi connectivity index (χ4n) is 0. The van der Waals surface area contributed by atoms with Gasteiger partial charge in [0.25, 0.3) is 0 Å². The average molecular weight is 202 g/mol. The molecule has 0 aliphatic carbocycles. The molecule has 0 nitrogen and oxygen atoms in total. The van der Waals surface area contributed by atoms with Crippen LogP contribution in [-0.2, 0) is 21.7 Å². The Kier molecular flexibility index (Phi) is 661. The van der Waals surface area contributed by atoms with Gasteiger partial charge in [-0.2, -0.15) is 0 Å². The van der Waals surface area contributed by atoms with Gasteiger partial charge < -0.3 is 0 Å². The minimum absolute atomic E-state index is 0. The van der Waals surface area contributed by atoms with Crippen LogP contribution in [0.15, 0.2) is 0 Å². The largest absolute Gasteiger partial charge is 0 e. The summed E-state index contributed by atoms with van der Waals surface area (Å²) in [5.41, 5.74) is 0. The van der Waals surface area contributed by atoms with Crippen molar-refractivity contribution < 1.29 is 21.7 Å². The van der Waals surface area contributed by atoms with Crippen LogP contribution in [0.1, 0.15) is 0 Å². The van der Waals surface area contributed by atoms with E-state index in [2.05, 4.69) is 0 Å². The summed E-state index contributed by atoms with van der Waals surface area (Å²) in [4.78, 5) is 0. The van der Waals surface area contributed by atoms with Crippen molar-refractivity contribution in [2.45, 2.75) is 0 Å². The van der Waals surface area contributed by atoms with Gasteiger partial charge in [0.15, 0.2) is 0 Å². The molecule has 38 valence electrons. The zero-order valence-electron chi connectivity index (χ0n) is 2.13. The van der Waals surface area contributed by atoms with Gasteiger partial charge in [-0.3, -0.25) is 0 Å². The molecule has 0 aromatic rings. The van der Waals surface area contributed by atoms with E-state index in [0.717, 1.165) is 0 Å². The fourth-order valence-corrected chi connectivity index (χ4v) is 0. The summed E-state index contributed by atoms with van der Waals surface area (Å²) in [7, 11) is 0. The smallest absolute Gasteiger partial charge is 0 e. The summed E-state index contributed by atoms with van der Waals surface area (Å²) in [6, 6.07) is 0. The first kappa shape index (κ1) is 77.4. The van der Waals surface area contributed by atoms with E-state index in [0.29, 0.717) is 0 Å². The molecule has 0 unspecified atom stereocenters. The molecule has 0 aromatic carbocycles. The van der Waals surface area contributed by atoms with E-state index < -0.39 is 0 Å². The second kappa shape index (κ2) is 51.2. The number of hydrogen-bond acceptors (Lipinski definition) is 0. The number of hydrogen-bond donors (Lipinski definition) is 0. The Bertz CT molecular complexity index is 7.51. The van der Waals surface area contributed by atoms with Crippen LogP contribution in [-0.4, -0.2) is 18.9 Å². The van der Waals surface area contributed by atoms with E-state index in [1.165, 1.54) is 0 Å². The van der Waals surface area contributed by atoms with Crippen LogP contribution >= 0.6 is 49.6 Å². The molecule has 0 spiro atoms. The van der Waals surface area contributed by atoms with E-state index in [9.17, 15) is 0 Å². The molecule has 0 radical (unpaired) electrons. The van der Waals surface area contributed by atoms with E-state index in [1.54, 1.807) is 0 Å². The summed E-state index contributed by atoms with van der Waals surface area (Å²) >= 11 is 0. The van der Waals surface area contributed by atoms with Crippen molar-refractivity contribution in [2.24, 2.45) is 0 Å². The molecule has 0 aromatic heterocycles. The van der Waals surface area contributed by atoms with E-state index >= 15 is 0 Å². The third-order valence-electron chi connectivity index (χ3n) is 0. The Balaban J connectivity index is 0. The van der Waals surface area contributed by atoms with Crippen molar-refractivity contribution in [3.63, 3.8) is 0 Å². The van der Waals surface area contributed by atoms with Gasteiger partial charge in [-0.05, 0) is 0 Å². The van der Waals surface area contributed by atoms with Crippen molar-refractivity contribution in [1.82, 2.24) is 0 Å². The van der Waals surface area contributed by atoms with Crippen molar-refractivity contribution in [3.05, 3.63) is 0 Å².